The lowest BCUT2D eigenvalue weighted by atomic mass is 9.85. The van der Waals surface area contributed by atoms with Gasteiger partial charge in [-0.25, -0.2) is 0 Å². The van der Waals surface area contributed by atoms with E-state index in [0.29, 0.717) is 26.1 Å². The van der Waals surface area contributed by atoms with E-state index in [1.54, 1.807) is 4.90 Å². The minimum Gasteiger partial charge on any atom is -0.480 e. The SMILES string of the molecule is CCN(Cc1ccc2ccccc2c1)C(=O)C1(C(=O)O)CCNC1. The molecule has 1 fully saturated rings. The number of carbonyl (C=O) groups is 2. The molecule has 1 aliphatic heterocycles. The van der Waals surface area contributed by atoms with Gasteiger partial charge in [-0.15, -0.1) is 0 Å². The Morgan fingerprint density at radius 3 is 2.58 bits per heavy atom. The van der Waals surface area contributed by atoms with Crippen LogP contribution in [0.1, 0.15) is 18.9 Å². The van der Waals surface area contributed by atoms with Crippen molar-refractivity contribution in [1.82, 2.24) is 10.2 Å². The molecule has 1 heterocycles. The van der Waals surface area contributed by atoms with Gasteiger partial charge >= 0.3 is 5.97 Å². The Kier molecular flexibility index (Phi) is 4.53. The van der Waals surface area contributed by atoms with E-state index < -0.39 is 11.4 Å². The number of benzene rings is 2. The molecule has 0 bridgehead atoms. The van der Waals surface area contributed by atoms with Crippen molar-refractivity contribution in [3.05, 3.63) is 48.0 Å². The largest absolute Gasteiger partial charge is 0.480 e. The predicted molar refractivity (Wildman–Crippen MR) is 92.6 cm³/mol. The lowest BCUT2D eigenvalue weighted by molar-refractivity contribution is -0.159. The van der Waals surface area contributed by atoms with Gasteiger partial charge in [0.1, 0.15) is 0 Å². The van der Waals surface area contributed by atoms with Crippen LogP contribution in [0.3, 0.4) is 0 Å². The smallest absolute Gasteiger partial charge is 0.320 e. The third kappa shape index (κ3) is 2.87. The summed E-state index contributed by atoms with van der Waals surface area (Å²) < 4.78 is 0. The zero-order chi connectivity index (χ0) is 17.2. The maximum Gasteiger partial charge on any atom is 0.320 e. The van der Waals surface area contributed by atoms with E-state index in [1.165, 1.54) is 0 Å². The molecule has 5 heteroatoms. The molecular weight excluding hydrogens is 304 g/mol. The van der Waals surface area contributed by atoms with E-state index in [9.17, 15) is 14.7 Å². The lowest BCUT2D eigenvalue weighted by Crippen LogP contribution is -2.49. The van der Waals surface area contributed by atoms with Crippen molar-refractivity contribution < 1.29 is 14.7 Å². The number of carboxylic acids is 1. The zero-order valence-electron chi connectivity index (χ0n) is 13.8. The molecule has 0 aromatic heterocycles. The summed E-state index contributed by atoms with van der Waals surface area (Å²) in [4.78, 5) is 26.3. The van der Waals surface area contributed by atoms with Crippen LogP contribution in [-0.2, 0) is 16.1 Å². The number of carboxylic acid groups (broad SMARTS) is 1. The summed E-state index contributed by atoms with van der Waals surface area (Å²) in [6, 6.07) is 14.2. The summed E-state index contributed by atoms with van der Waals surface area (Å²) in [7, 11) is 0. The van der Waals surface area contributed by atoms with Crippen LogP contribution in [0.5, 0.6) is 0 Å². The summed E-state index contributed by atoms with van der Waals surface area (Å²) >= 11 is 0. The molecule has 0 spiro atoms. The highest BCUT2D eigenvalue weighted by Crippen LogP contribution is 2.29. The number of aliphatic carboxylic acids is 1. The lowest BCUT2D eigenvalue weighted by Gasteiger charge is -2.30. The van der Waals surface area contributed by atoms with Gasteiger partial charge in [0.05, 0.1) is 0 Å². The molecule has 2 aromatic carbocycles. The second kappa shape index (κ2) is 6.61. The molecule has 2 N–H and O–H groups in total. The van der Waals surface area contributed by atoms with Gasteiger partial charge in [0.25, 0.3) is 0 Å². The fourth-order valence-corrected chi connectivity index (χ4v) is 3.34. The molecule has 1 atom stereocenters. The minimum atomic E-state index is -1.33. The van der Waals surface area contributed by atoms with Crippen LogP contribution in [0.25, 0.3) is 10.8 Å². The van der Waals surface area contributed by atoms with E-state index in [1.807, 2.05) is 43.3 Å². The average molecular weight is 326 g/mol. The van der Waals surface area contributed by atoms with Crippen LogP contribution < -0.4 is 5.32 Å². The van der Waals surface area contributed by atoms with E-state index in [2.05, 4.69) is 11.4 Å². The fourth-order valence-electron chi connectivity index (χ4n) is 3.34. The van der Waals surface area contributed by atoms with Gasteiger partial charge in [0.15, 0.2) is 5.41 Å². The highest BCUT2D eigenvalue weighted by molar-refractivity contribution is 6.02. The maximum atomic E-state index is 12.9. The normalized spacial score (nSPS) is 20.2. The van der Waals surface area contributed by atoms with Crippen molar-refractivity contribution in [2.24, 2.45) is 5.41 Å². The first kappa shape index (κ1) is 16.5. The molecule has 2 aromatic rings. The summed E-state index contributed by atoms with van der Waals surface area (Å²) in [6.07, 6.45) is 0.343. The van der Waals surface area contributed by atoms with Gasteiger partial charge < -0.3 is 15.3 Å². The van der Waals surface area contributed by atoms with Crippen molar-refractivity contribution in [3.8, 4) is 0 Å². The van der Waals surface area contributed by atoms with Crippen molar-refractivity contribution >= 4 is 22.6 Å². The van der Waals surface area contributed by atoms with Gasteiger partial charge in [-0.05, 0) is 42.3 Å². The molecule has 1 amide bonds. The third-order valence-corrected chi connectivity index (χ3v) is 4.83. The molecule has 0 saturated carbocycles. The van der Waals surface area contributed by atoms with E-state index in [0.717, 1.165) is 16.3 Å². The fraction of sp³-hybridized carbons (Fsp3) is 0.368. The number of amides is 1. The zero-order valence-corrected chi connectivity index (χ0v) is 13.8. The summed E-state index contributed by atoms with van der Waals surface area (Å²) in [5.74, 6) is -1.33. The Balaban J connectivity index is 1.85. The molecule has 3 rings (SSSR count). The highest BCUT2D eigenvalue weighted by atomic mass is 16.4. The van der Waals surface area contributed by atoms with E-state index in [-0.39, 0.29) is 12.5 Å². The molecule has 24 heavy (non-hydrogen) atoms. The molecule has 126 valence electrons. The molecule has 0 aliphatic carbocycles. The first-order valence-electron chi connectivity index (χ1n) is 8.28. The van der Waals surface area contributed by atoms with Crippen molar-refractivity contribution in [2.75, 3.05) is 19.6 Å². The van der Waals surface area contributed by atoms with Crippen LogP contribution in [0.15, 0.2) is 42.5 Å². The number of hydrogen-bond acceptors (Lipinski definition) is 3. The van der Waals surface area contributed by atoms with Gasteiger partial charge in [0, 0.05) is 19.6 Å². The van der Waals surface area contributed by atoms with Crippen molar-refractivity contribution in [3.63, 3.8) is 0 Å². The number of nitrogens with zero attached hydrogens (tertiary/aromatic N) is 1. The maximum absolute atomic E-state index is 12.9. The summed E-state index contributed by atoms with van der Waals surface area (Å²) in [5, 5.41) is 14.9. The second-order valence-corrected chi connectivity index (χ2v) is 6.31. The Morgan fingerprint density at radius 1 is 1.21 bits per heavy atom. The molecule has 1 aliphatic rings. The van der Waals surface area contributed by atoms with Gasteiger partial charge in [-0.3, -0.25) is 9.59 Å². The van der Waals surface area contributed by atoms with Gasteiger partial charge in [-0.1, -0.05) is 36.4 Å². The minimum absolute atomic E-state index is 0.204. The topological polar surface area (TPSA) is 69.6 Å². The van der Waals surface area contributed by atoms with E-state index in [4.69, 9.17) is 0 Å². The number of hydrogen-bond donors (Lipinski definition) is 2. The first-order chi connectivity index (χ1) is 11.6. The second-order valence-electron chi connectivity index (χ2n) is 6.31. The van der Waals surface area contributed by atoms with Gasteiger partial charge in [0.2, 0.25) is 5.91 Å². The van der Waals surface area contributed by atoms with Crippen molar-refractivity contribution in [1.29, 1.82) is 0 Å². The summed E-state index contributed by atoms with van der Waals surface area (Å²) in [5.41, 5.74) is -0.317. The Labute approximate surface area is 141 Å². The quantitative estimate of drug-likeness (QED) is 0.827. The number of fused-ring (bicyclic) bond motifs is 1. The van der Waals surface area contributed by atoms with Crippen LogP contribution in [0, 0.1) is 5.41 Å². The molecule has 5 nitrogen and oxygen atoms in total. The molecule has 1 saturated heterocycles. The molecule has 1 unspecified atom stereocenters. The molecule has 0 radical (unpaired) electrons. The van der Waals surface area contributed by atoms with Crippen LogP contribution >= 0.6 is 0 Å². The summed E-state index contributed by atoms with van der Waals surface area (Å²) in [6.45, 7) is 3.56. The van der Waals surface area contributed by atoms with Crippen LogP contribution in [0.4, 0.5) is 0 Å². The van der Waals surface area contributed by atoms with Crippen LogP contribution in [0.2, 0.25) is 0 Å². The van der Waals surface area contributed by atoms with E-state index >= 15 is 0 Å². The number of carbonyl (C=O) groups excluding carboxylic acids is 1. The predicted octanol–water partition coefficient (Wildman–Crippen LogP) is 2.25. The Hall–Kier alpha value is -2.40. The Morgan fingerprint density at radius 2 is 1.96 bits per heavy atom. The van der Waals surface area contributed by atoms with Gasteiger partial charge in [-0.2, -0.15) is 0 Å². The number of rotatable bonds is 5. The molecular formula is C19H22N2O3. The monoisotopic (exact) mass is 326 g/mol. The average Bonchev–Trinajstić information content (AvgIpc) is 3.10. The van der Waals surface area contributed by atoms with Crippen molar-refractivity contribution in [2.45, 2.75) is 19.9 Å². The Bertz CT molecular complexity index is 766. The first-order valence-corrected chi connectivity index (χ1v) is 8.28. The highest BCUT2D eigenvalue weighted by Gasteiger charge is 2.50. The standard InChI is InChI=1S/C19H22N2O3/c1-2-21(17(22)19(18(23)24)9-10-20-13-19)12-14-7-8-15-5-3-4-6-16(15)11-14/h3-8,11,20H,2,9-10,12-13H2,1H3,(H,23,24). The third-order valence-electron chi connectivity index (χ3n) is 4.83. The number of nitrogens with one attached hydrogen (secondary N) is 1. The van der Waals surface area contributed by atoms with Crippen LogP contribution in [-0.4, -0.2) is 41.5 Å².